The van der Waals surface area contributed by atoms with E-state index >= 15 is 0 Å². The zero-order valence-corrected chi connectivity index (χ0v) is 17.0. The minimum absolute atomic E-state index is 0.0258. The molecule has 0 fully saturated rings. The number of aromatic nitrogens is 1. The van der Waals surface area contributed by atoms with Gasteiger partial charge >= 0.3 is 0 Å². The van der Waals surface area contributed by atoms with Crippen molar-refractivity contribution in [2.24, 2.45) is 0 Å². The number of amides is 1. The van der Waals surface area contributed by atoms with E-state index in [1.54, 1.807) is 4.90 Å². The molecule has 5 heteroatoms. The number of nitrogens with zero attached hydrogens (tertiary/aromatic N) is 2. The topological polar surface area (TPSA) is 33.2 Å². The Kier molecular flexibility index (Phi) is 5.42. The molecule has 1 aromatic heterocycles. The van der Waals surface area contributed by atoms with Crippen molar-refractivity contribution in [3.8, 4) is 0 Å². The van der Waals surface area contributed by atoms with Gasteiger partial charge in [0.2, 0.25) is 5.91 Å². The number of hydrogen-bond donors (Lipinski definition) is 0. The number of benzene rings is 3. The second-order valence-electron chi connectivity index (χ2n) is 6.69. The van der Waals surface area contributed by atoms with Crippen molar-refractivity contribution in [1.29, 1.82) is 0 Å². The van der Waals surface area contributed by atoms with Crippen LogP contribution in [0.5, 0.6) is 0 Å². The van der Waals surface area contributed by atoms with E-state index in [-0.39, 0.29) is 5.91 Å². The van der Waals surface area contributed by atoms with E-state index in [1.807, 2.05) is 79.7 Å². The molecule has 1 amide bonds. The molecular weight excluding hydrogens is 388 g/mol. The van der Waals surface area contributed by atoms with Crippen molar-refractivity contribution in [1.82, 2.24) is 4.98 Å². The summed E-state index contributed by atoms with van der Waals surface area (Å²) in [6.07, 6.45) is 0.337. The summed E-state index contributed by atoms with van der Waals surface area (Å²) in [6.45, 7) is 2.48. The minimum atomic E-state index is 0.0258. The average Bonchev–Trinajstić information content (AvgIpc) is 3.11. The van der Waals surface area contributed by atoms with E-state index < -0.39 is 0 Å². The second-order valence-corrected chi connectivity index (χ2v) is 8.14. The van der Waals surface area contributed by atoms with Crippen molar-refractivity contribution < 1.29 is 4.79 Å². The van der Waals surface area contributed by atoms with Crippen LogP contribution < -0.4 is 4.90 Å². The molecule has 0 aliphatic rings. The third-order valence-electron chi connectivity index (χ3n) is 4.55. The summed E-state index contributed by atoms with van der Waals surface area (Å²) in [4.78, 5) is 19.8. The Morgan fingerprint density at radius 2 is 1.64 bits per heavy atom. The molecule has 4 rings (SSSR count). The van der Waals surface area contributed by atoms with Crippen LogP contribution in [0.15, 0.2) is 72.8 Å². The summed E-state index contributed by atoms with van der Waals surface area (Å²) in [7, 11) is 0. The van der Waals surface area contributed by atoms with Crippen LogP contribution in [-0.4, -0.2) is 10.9 Å². The number of carbonyl (C=O) groups is 1. The van der Waals surface area contributed by atoms with Crippen LogP contribution in [0.3, 0.4) is 0 Å². The first-order valence-corrected chi connectivity index (χ1v) is 10.2. The van der Waals surface area contributed by atoms with E-state index in [0.717, 1.165) is 26.9 Å². The molecule has 0 aliphatic carbocycles. The van der Waals surface area contributed by atoms with Crippen molar-refractivity contribution in [3.05, 3.63) is 94.5 Å². The maximum atomic E-state index is 13.2. The average molecular weight is 407 g/mol. The summed E-state index contributed by atoms with van der Waals surface area (Å²) in [5.41, 5.74) is 3.97. The van der Waals surface area contributed by atoms with Gasteiger partial charge in [-0.3, -0.25) is 9.69 Å². The smallest absolute Gasteiger partial charge is 0.233 e. The summed E-state index contributed by atoms with van der Waals surface area (Å²) in [5.74, 6) is 0.0258. The van der Waals surface area contributed by atoms with Crippen molar-refractivity contribution in [2.45, 2.75) is 19.9 Å². The van der Waals surface area contributed by atoms with Crippen LogP contribution in [-0.2, 0) is 17.8 Å². The Morgan fingerprint density at radius 1 is 1.00 bits per heavy atom. The maximum absolute atomic E-state index is 13.2. The lowest BCUT2D eigenvalue weighted by Crippen LogP contribution is -2.31. The molecule has 3 nitrogen and oxygen atoms in total. The highest BCUT2D eigenvalue weighted by Gasteiger charge is 2.21. The Hall–Kier alpha value is -2.69. The lowest BCUT2D eigenvalue weighted by Gasteiger charge is -2.20. The maximum Gasteiger partial charge on any atom is 0.233 e. The van der Waals surface area contributed by atoms with Crippen molar-refractivity contribution in [2.75, 3.05) is 4.90 Å². The number of thiazole rings is 1. The highest BCUT2D eigenvalue weighted by atomic mass is 35.5. The van der Waals surface area contributed by atoms with Gasteiger partial charge < -0.3 is 0 Å². The van der Waals surface area contributed by atoms with E-state index in [0.29, 0.717) is 23.1 Å². The van der Waals surface area contributed by atoms with Gasteiger partial charge in [0, 0.05) is 5.02 Å². The third kappa shape index (κ3) is 4.08. The van der Waals surface area contributed by atoms with Crippen LogP contribution in [0.2, 0.25) is 5.02 Å². The van der Waals surface area contributed by atoms with E-state index in [1.165, 1.54) is 11.3 Å². The monoisotopic (exact) mass is 406 g/mol. The zero-order valence-electron chi connectivity index (χ0n) is 15.4. The standard InChI is InChI=1S/C23H19ClN2OS/c1-16-12-19(24)14-20-22(16)25-23(28-20)26(15-18-10-6-3-7-11-18)21(27)13-17-8-4-2-5-9-17/h2-12,14H,13,15H2,1H3. The van der Waals surface area contributed by atoms with Gasteiger partial charge in [-0.05, 0) is 35.7 Å². The predicted octanol–water partition coefficient (Wildman–Crippen LogP) is 6.03. The van der Waals surface area contributed by atoms with Gasteiger partial charge in [-0.15, -0.1) is 0 Å². The lowest BCUT2D eigenvalue weighted by atomic mass is 10.1. The number of anilines is 1. The van der Waals surface area contributed by atoms with Crippen LogP contribution >= 0.6 is 22.9 Å². The number of carbonyl (C=O) groups excluding carboxylic acids is 1. The first-order chi connectivity index (χ1) is 13.6. The van der Waals surface area contributed by atoms with Gasteiger partial charge in [0.15, 0.2) is 5.13 Å². The van der Waals surface area contributed by atoms with Crippen LogP contribution in [0.4, 0.5) is 5.13 Å². The van der Waals surface area contributed by atoms with Crippen LogP contribution in [0, 0.1) is 6.92 Å². The minimum Gasteiger partial charge on any atom is -0.283 e. The molecule has 3 aromatic carbocycles. The molecule has 0 unspecified atom stereocenters. The largest absolute Gasteiger partial charge is 0.283 e. The highest BCUT2D eigenvalue weighted by Crippen LogP contribution is 2.34. The first-order valence-electron chi connectivity index (χ1n) is 9.05. The SMILES string of the molecule is Cc1cc(Cl)cc2sc(N(Cc3ccccc3)C(=O)Cc3ccccc3)nc12. The molecule has 0 atom stereocenters. The van der Waals surface area contributed by atoms with E-state index in [2.05, 4.69) is 0 Å². The quantitative estimate of drug-likeness (QED) is 0.405. The number of aryl methyl sites for hydroxylation is 1. The fourth-order valence-electron chi connectivity index (χ4n) is 3.15. The molecule has 140 valence electrons. The molecular formula is C23H19ClN2OS. The number of fused-ring (bicyclic) bond motifs is 1. The molecule has 28 heavy (non-hydrogen) atoms. The molecule has 0 saturated heterocycles. The summed E-state index contributed by atoms with van der Waals surface area (Å²) in [5, 5.41) is 1.38. The van der Waals surface area contributed by atoms with Crippen molar-refractivity contribution >= 4 is 44.2 Å². The summed E-state index contributed by atoms with van der Waals surface area (Å²) < 4.78 is 0.991. The molecule has 0 spiro atoms. The fourth-order valence-corrected chi connectivity index (χ4v) is 4.59. The Morgan fingerprint density at radius 3 is 2.32 bits per heavy atom. The molecule has 0 saturated carbocycles. The molecule has 0 aliphatic heterocycles. The molecule has 4 aromatic rings. The van der Waals surface area contributed by atoms with Gasteiger partial charge in [-0.2, -0.15) is 0 Å². The van der Waals surface area contributed by atoms with Crippen LogP contribution in [0.25, 0.3) is 10.2 Å². The second kappa shape index (κ2) is 8.13. The highest BCUT2D eigenvalue weighted by molar-refractivity contribution is 7.22. The van der Waals surface area contributed by atoms with Gasteiger partial charge in [0.1, 0.15) is 0 Å². The fraction of sp³-hybridized carbons (Fsp3) is 0.130. The number of hydrogen-bond acceptors (Lipinski definition) is 3. The molecule has 1 heterocycles. The van der Waals surface area contributed by atoms with Gasteiger partial charge in [-0.25, -0.2) is 4.98 Å². The van der Waals surface area contributed by atoms with Crippen molar-refractivity contribution in [3.63, 3.8) is 0 Å². The lowest BCUT2D eigenvalue weighted by molar-refractivity contribution is -0.118. The normalized spacial score (nSPS) is 10.9. The van der Waals surface area contributed by atoms with Gasteiger partial charge in [0.25, 0.3) is 0 Å². The number of halogens is 1. The first kappa shape index (κ1) is 18.7. The Balaban J connectivity index is 1.72. The third-order valence-corrected chi connectivity index (χ3v) is 5.80. The van der Waals surface area contributed by atoms with Gasteiger partial charge in [-0.1, -0.05) is 83.6 Å². The number of rotatable bonds is 5. The Labute approximate surface area is 173 Å². The molecule has 0 radical (unpaired) electrons. The molecule has 0 N–H and O–H groups in total. The van der Waals surface area contributed by atoms with Gasteiger partial charge in [0.05, 0.1) is 23.2 Å². The van der Waals surface area contributed by atoms with E-state index in [9.17, 15) is 4.79 Å². The van der Waals surface area contributed by atoms with E-state index in [4.69, 9.17) is 16.6 Å². The predicted molar refractivity (Wildman–Crippen MR) is 117 cm³/mol. The summed E-state index contributed by atoms with van der Waals surface area (Å²) >= 11 is 7.71. The van der Waals surface area contributed by atoms with Crippen LogP contribution in [0.1, 0.15) is 16.7 Å². The molecule has 0 bridgehead atoms. The Bertz CT molecular complexity index is 1110. The summed E-state index contributed by atoms with van der Waals surface area (Å²) in [6, 6.07) is 23.6. The zero-order chi connectivity index (χ0) is 19.5.